The number of aromatic nitrogens is 2. The van der Waals surface area contributed by atoms with E-state index in [1.165, 1.54) is 0 Å². The van der Waals surface area contributed by atoms with Gasteiger partial charge in [-0.25, -0.2) is 0 Å². The zero-order chi connectivity index (χ0) is 18.5. The second kappa shape index (κ2) is 8.23. The fourth-order valence-corrected chi connectivity index (χ4v) is 2.95. The van der Waals surface area contributed by atoms with Gasteiger partial charge in [-0.2, -0.15) is 5.10 Å². The molecule has 1 N–H and O–H groups in total. The van der Waals surface area contributed by atoms with Crippen LogP contribution in [0, 0.1) is 0 Å². The topological polar surface area (TPSA) is 68.6 Å². The number of carbonyl (C=O) groups excluding carboxylic acids is 1. The van der Waals surface area contributed by atoms with Crippen molar-refractivity contribution in [2.75, 3.05) is 25.0 Å². The summed E-state index contributed by atoms with van der Waals surface area (Å²) in [5.41, 5.74) is 0.657. The number of ether oxygens (including phenoxy) is 2. The molecule has 1 amide bonds. The molecule has 140 valence electrons. The Hall–Kier alpha value is -2.54. The normalized spacial score (nSPS) is 18.8. The van der Waals surface area contributed by atoms with Crippen LogP contribution in [0.25, 0.3) is 0 Å². The molecule has 7 nitrogen and oxygen atoms in total. The number of likely N-dealkylation sites (N-methyl/N-ethyl adjacent to an activating group) is 1. The molecule has 0 bridgehead atoms. The summed E-state index contributed by atoms with van der Waals surface area (Å²) in [6, 6.07) is 7.36. The summed E-state index contributed by atoms with van der Waals surface area (Å²) in [5, 5.41) is 7.18. The number of para-hydroxylation sites is 2. The third kappa shape index (κ3) is 4.16. The Morgan fingerprint density at radius 2 is 1.92 bits per heavy atom. The van der Waals surface area contributed by atoms with Crippen LogP contribution in [0.3, 0.4) is 0 Å². The molecule has 1 aromatic heterocycles. The van der Waals surface area contributed by atoms with Crippen molar-refractivity contribution < 1.29 is 14.3 Å². The van der Waals surface area contributed by atoms with Crippen molar-refractivity contribution in [1.82, 2.24) is 14.7 Å². The van der Waals surface area contributed by atoms with Crippen LogP contribution in [0.5, 0.6) is 11.5 Å². The minimum Gasteiger partial charge on any atom is -0.482 e. The summed E-state index contributed by atoms with van der Waals surface area (Å²) < 4.78 is 13.4. The summed E-state index contributed by atoms with van der Waals surface area (Å²) in [7, 11) is 0. The highest BCUT2D eigenvalue weighted by molar-refractivity contribution is 5.94. The van der Waals surface area contributed by atoms with Gasteiger partial charge in [0, 0.05) is 12.7 Å². The van der Waals surface area contributed by atoms with Gasteiger partial charge >= 0.3 is 0 Å². The Kier molecular flexibility index (Phi) is 5.78. The van der Waals surface area contributed by atoms with Gasteiger partial charge in [0.1, 0.15) is 6.10 Å². The Morgan fingerprint density at radius 1 is 1.23 bits per heavy atom. The minimum atomic E-state index is -0.705. The molecule has 26 heavy (non-hydrogen) atoms. The molecule has 1 aromatic carbocycles. The van der Waals surface area contributed by atoms with Crippen molar-refractivity contribution in [3.63, 3.8) is 0 Å². The van der Waals surface area contributed by atoms with Gasteiger partial charge < -0.3 is 19.7 Å². The lowest BCUT2D eigenvalue weighted by molar-refractivity contribution is -0.128. The highest BCUT2D eigenvalue weighted by atomic mass is 16.6. The van der Waals surface area contributed by atoms with Gasteiger partial charge in [0.25, 0.3) is 5.91 Å². The van der Waals surface area contributed by atoms with Gasteiger partial charge in [0.05, 0.1) is 18.4 Å². The Balaban J connectivity index is 1.58. The number of nitrogens with zero attached hydrogens (tertiary/aromatic N) is 3. The summed E-state index contributed by atoms with van der Waals surface area (Å²) in [5.74, 6) is 1.00. The van der Waals surface area contributed by atoms with Crippen LogP contribution in [0.4, 0.5) is 5.69 Å². The molecular weight excluding hydrogens is 332 g/mol. The monoisotopic (exact) mass is 358 g/mol. The molecule has 0 saturated heterocycles. The highest BCUT2D eigenvalue weighted by Gasteiger charge is 2.34. The molecule has 3 rings (SSSR count). The zero-order valence-electron chi connectivity index (χ0n) is 15.5. The lowest BCUT2D eigenvalue weighted by atomic mass is 10.1. The van der Waals surface area contributed by atoms with E-state index in [9.17, 15) is 4.79 Å². The van der Waals surface area contributed by atoms with Gasteiger partial charge in [-0.3, -0.25) is 9.48 Å². The van der Waals surface area contributed by atoms with E-state index in [1.54, 1.807) is 12.3 Å². The number of amides is 1. The first-order chi connectivity index (χ1) is 12.6. The smallest absolute Gasteiger partial charge is 0.269 e. The maximum absolute atomic E-state index is 12.6. The van der Waals surface area contributed by atoms with Crippen LogP contribution >= 0.6 is 0 Å². The number of hydrogen-bond acceptors (Lipinski definition) is 5. The Labute approximate surface area is 153 Å². The molecule has 0 aliphatic carbocycles. The standard InChI is InChI=1S/C19H26N4O3/c1-4-22(5-2)10-11-23-13-15(12-20-23)21-19(24)18-14(3)25-16-8-6-7-9-17(16)26-18/h6-9,12-14,18H,4-5,10-11H2,1-3H3,(H,21,24). The molecule has 7 heteroatoms. The molecule has 2 heterocycles. The number of hydrogen-bond donors (Lipinski definition) is 1. The minimum absolute atomic E-state index is 0.240. The fourth-order valence-electron chi connectivity index (χ4n) is 2.95. The third-order valence-corrected chi connectivity index (χ3v) is 4.54. The van der Waals surface area contributed by atoms with E-state index in [4.69, 9.17) is 9.47 Å². The number of fused-ring (bicyclic) bond motifs is 1. The van der Waals surface area contributed by atoms with E-state index in [0.717, 1.165) is 26.2 Å². The summed E-state index contributed by atoms with van der Waals surface area (Å²) in [4.78, 5) is 14.9. The Morgan fingerprint density at radius 3 is 2.62 bits per heavy atom. The van der Waals surface area contributed by atoms with Crippen molar-refractivity contribution in [1.29, 1.82) is 0 Å². The number of rotatable bonds is 7. The van der Waals surface area contributed by atoms with Crippen LogP contribution in [-0.4, -0.2) is 52.4 Å². The molecule has 0 fully saturated rings. The van der Waals surface area contributed by atoms with Crippen LogP contribution < -0.4 is 14.8 Å². The highest BCUT2D eigenvalue weighted by Crippen LogP contribution is 2.33. The van der Waals surface area contributed by atoms with Crippen molar-refractivity contribution in [2.45, 2.75) is 39.5 Å². The van der Waals surface area contributed by atoms with E-state index >= 15 is 0 Å². The van der Waals surface area contributed by atoms with Gasteiger partial charge in [-0.15, -0.1) is 0 Å². The average molecular weight is 358 g/mol. The SMILES string of the molecule is CCN(CC)CCn1cc(NC(=O)C2Oc3ccccc3OC2C)cn1. The van der Waals surface area contributed by atoms with E-state index in [1.807, 2.05) is 36.0 Å². The van der Waals surface area contributed by atoms with Crippen molar-refractivity contribution in [3.05, 3.63) is 36.7 Å². The first kappa shape index (κ1) is 18.3. The first-order valence-electron chi connectivity index (χ1n) is 9.08. The molecule has 2 unspecified atom stereocenters. The molecule has 0 spiro atoms. The molecule has 2 aromatic rings. The fraction of sp³-hybridized carbons (Fsp3) is 0.474. The third-order valence-electron chi connectivity index (χ3n) is 4.54. The maximum atomic E-state index is 12.6. The van der Waals surface area contributed by atoms with Gasteiger partial charge in [-0.05, 0) is 32.1 Å². The Bertz CT molecular complexity index is 742. The van der Waals surface area contributed by atoms with E-state index < -0.39 is 6.10 Å². The van der Waals surface area contributed by atoms with Crippen LogP contribution in [0.1, 0.15) is 20.8 Å². The molecule has 2 atom stereocenters. The van der Waals surface area contributed by atoms with Crippen molar-refractivity contribution in [3.8, 4) is 11.5 Å². The number of nitrogens with one attached hydrogen (secondary N) is 1. The first-order valence-corrected chi connectivity index (χ1v) is 9.08. The van der Waals surface area contributed by atoms with Crippen molar-refractivity contribution >= 4 is 11.6 Å². The molecule has 0 radical (unpaired) electrons. The number of carbonyl (C=O) groups is 1. The predicted molar refractivity (Wildman–Crippen MR) is 99.6 cm³/mol. The molecule has 1 aliphatic rings. The largest absolute Gasteiger partial charge is 0.482 e. The predicted octanol–water partition coefficient (Wildman–Crippen LogP) is 2.39. The van der Waals surface area contributed by atoms with Gasteiger partial charge in [-0.1, -0.05) is 26.0 Å². The quantitative estimate of drug-likeness (QED) is 0.823. The average Bonchev–Trinajstić information content (AvgIpc) is 3.09. The van der Waals surface area contributed by atoms with E-state index in [0.29, 0.717) is 17.2 Å². The maximum Gasteiger partial charge on any atom is 0.269 e. The second-order valence-corrected chi connectivity index (χ2v) is 6.32. The summed E-state index contributed by atoms with van der Waals surface area (Å²) >= 11 is 0. The van der Waals surface area contributed by atoms with Gasteiger partial charge in [0.15, 0.2) is 11.5 Å². The van der Waals surface area contributed by atoms with Crippen LogP contribution in [-0.2, 0) is 11.3 Å². The van der Waals surface area contributed by atoms with Crippen LogP contribution in [0.2, 0.25) is 0 Å². The molecule has 1 aliphatic heterocycles. The number of benzene rings is 1. The molecular formula is C19H26N4O3. The second-order valence-electron chi connectivity index (χ2n) is 6.32. The number of anilines is 1. The lowest BCUT2D eigenvalue weighted by Crippen LogP contribution is -2.46. The van der Waals surface area contributed by atoms with Crippen LogP contribution in [0.15, 0.2) is 36.7 Å². The van der Waals surface area contributed by atoms with E-state index in [2.05, 4.69) is 29.2 Å². The van der Waals surface area contributed by atoms with Crippen molar-refractivity contribution in [2.24, 2.45) is 0 Å². The molecule has 0 saturated carbocycles. The summed E-state index contributed by atoms with van der Waals surface area (Å²) in [6.45, 7) is 9.85. The summed E-state index contributed by atoms with van der Waals surface area (Å²) in [6.07, 6.45) is 2.41. The zero-order valence-corrected chi connectivity index (χ0v) is 15.5. The lowest BCUT2D eigenvalue weighted by Gasteiger charge is -2.30. The van der Waals surface area contributed by atoms with E-state index in [-0.39, 0.29) is 12.0 Å². The van der Waals surface area contributed by atoms with Gasteiger partial charge in [0.2, 0.25) is 6.10 Å².